The fourth-order valence-corrected chi connectivity index (χ4v) is 4.02. The second-order valence-corrected chi connectivity index (χ2v) is 6.27. The molecular weight excluding hydrogens is 316 g/mol. The number of azide groups is 1. The lowest BCUT2D eigenvalue weighted by Gasteiger charge is -2.47. The van der Waals surface area contributed by atoms with E-state index in [0.29, 0.717) is 6.42 Å². The standard InChI is InChI=1S/C16H17ClN4O2/c1-3-11-10-6-9(2)8-16(11,20-21-18)12-4-5-14(23-15(17)22)19-13(12)7-10/h3-6,10,14,19H,7-8H2,1-2H3/t10-,14?,16?/m1/s1. The summed E-state index contributed by atoms with van der Waals surface area (Å²) in [5.74, 6) is 0.171. The maximum Gasteiger partial charge on any atom is 0.405 e. The van der Waals surface area contributed by atoms with Gasteiger partial charge in [0.1, 0.15) is 5.54 Å². The van der Waals surface area contributed by atoms with Gasteiger partial charge in [-0.2, -0.15) is 0 Å². The van der Waals surface area contributed by atoms with Crippen LogP contribution >= 0.6 is 11.6 Å². The Morgan fingerprint density at radius 2 is 2.43 bits per heavy atom. The lowest BCUT2D eigenvalue weighted by atomic mass is 9.63. The molecule has 0 saturated heterocycles. The van der Waals surface area contributed by atoms with Crippen LogP contribution in [-0.4, -0.2) is 17.2 Å². The monoisotopic (exact) mass is 332 g/mol. The van der Waals surface area contributed by atoms with Gasteiger partial charge in [-0.1, -0.05) is 34.5 Å². The molecule has 0 aromatic heterocycles. The molecule has 0 fully saturated rings. The summed E-state index contributed by atoms with van der Waals surface area (Å²) >= 11 is 5.29. The number of carbonyl (C=O) groups excluding carboxylic acids is 1. The molecule has 7 heteroatoms. The van der Waals surface area contributed by atoms with Gasteiger partial charge in [0.05, 0.1) is 0 Å². The Kier molecular flexibility index (Phi) is 3.96. The van der Waals surface area contributed by atoms with Gasteiger partial charge in [-0.25, -0.2) is 4.79 Å². The Labute approximate surface area is 139 Å². The molecule has 2 unspecified atom stereocenters. The van der Waals surface area contributed by atoms with Crippen molar-refractivity contribution in [2.24, 2.45) is 11.0 Å². The van der Waals surface area contributed by atoms with E-state index >= 15 is 0 Å². The summed E-state index contributed by atoms with van der Waals surface area (Å²) in [4.78, 5) is 14.1. The number of dihydropyridines is 1. The van der Waals surface area contributed by atoms with Crippen LogP contribution in [0.15, 0.2) is 51.8 Å². The molecule has 2 bridgehead atoms. The second-order valence-electron chi connectivity index (χ2n) is 5.97. The third kappa shape index (κ3) is 2.54. The smallest absolute Gasteiger partial charge is 0.405 e. The first-order valence-corrected chi connectivity index (χ1v) is 7.82. The zero-order valence-corrected chi connectivity index (χ0v) is 13.7. The number of hydrogen-bond donors (Lipinski definition) is 1. The SMILES string of the molecule is CC=C1[C@@H]2C=C(C)CC1(N=[N+]=[N-])C1=C(C2)NC(OC(=O)Cl)C=C1. The van der Waals surface area contributed by atoms with E-state index in [4.69, 9.17) is 21.9 Å². The maximum atomic E-state index is 10.9. The van der Waals surface area contributed by atoms with Crippen molar-refractivity contribution in [3.63, 3.8) is 0 Å². The lowest BCUT2D eigenvalue weighted by Crippen LogP contribution is -2.46. The third-order valence-electron chi connectivity index (χ3n) is 4.59. The van der Waals surface area contributed by atoms with Crippen LogP contribution in [0.25, 0.3) is 10.4 Å². The lowest BCUT2D eigenvalue weighted by molar-refractivity contribution is 0.130. The van der Waals surface area contributed by atoms with Crippen LogP contribution in [0.5, 0.6) is 0 Å². The van der Waals surface area contributed by atoms with E-state index in [2.05, 4.69) is 28.3 Å². The molecule has 0 spiro atoms. The van der Waals surface area contributed by atoms with Gasteiger partial charge in [0.15, 0.2) is 6.23 Å². The number of ether oxygens (including phenoxy) is 1. The molecule has 3 aliphatic rings. The predicted octanol–water partition coefficient (Wildman–Crippen LogP) is 4.47. The van der Waals surface area contributed by atoms with E-state index in [1.807, 2.05) is 19.1 Å². The average molecular weight is 333 g/mol. The number of halogens is 1. The van der Waals surface area contributed by atoms with Gasteiger partial charge < -0.3 is 10.1 Å². The molecule has 6 nitrogen and oxygen atoms in total. The van der Waals surface area contributed by atoms with Crippen molar-refractivity contribution in [1.82, 2.24) is 5.32 Å². The molecule has 3 atom stereocenters. The van der Waals surface area contributed by atoms with Gasteiger partial charge in [0, 0.05) is 28.1 Å². The summed E-state index contributed by atoms with van der Waals surface area (Å²) in [6, 6.07) is 0. The van der Waals surface area contributed by atoms with Crippen LogP contribution in [-0.2, 0) is 4.74 Å². The summed E-state index contributed by atoms with van der Waals surface area (Å²) in [6.07, 6.45) is 8.66. The normalized spacial score (nSPS) is 33.3. The zero-order chi connectivity index (χ0) is 16.6. The highest BCUT2D eigenvalue weighted by molar-refractivity contribution is 6.61. The largest absolute Gasteiger partial charge is 0.426 e. The Balaban J connectivity index is 2.08. The van der Waals surface area contributed by atoms with Crippen LogP contribution in [0, 0.1) is 5.92 Å². The average Bonchev–Trinajstić information content (AvgIpc) is 2.45. The molecule has 23 heavy (non-hydrogen) atoms. The molecule has 0 radical (unpaired) electrons. The Hall–Kier alpha value is -2.17. The second kappa shape index (κ2) is 5.80. The van der Waals surface area contributed by atoms with Gasteiger partial charge >= 0.3 is 5.43 Å². The first-order chi connectivity index (χ1) is 11.0. The zero-order valence-electron chi connectivity index (χ0n) is 12.9. The van der Waals surface area contributed by atoms with Crippen molar-refractivity contribution < 1.29 is 9.53 Å². The Morgan fingerprint density at radius 1 is 1.65 bits per heavy atom. The number of hydrogen-bond acceptors (Lipinski definition) is 4. The van der Waals surface area contributed by atoms with Crippen molar-refractivity contribution in [2.45, 2.75) is 38.5 Å². The van der Waals surface area contributed by atoms with Gasteiger partial charge in [0.2, 0.25) is 0 Å². The fraction of sp³-hybridized carbons (Fsp3) is 0.438. The minimum Gasteiger partial charge on any atom is -0.426 e. The Morgan fingerprint density at radius 3 is 3.09 bits per heavy atom. The number of carbonyl (C=O) groups is 1. The van der Waals surface area contributed by atoms with Crippen molar-refractivity contribution in [1.29, 1.82) is 0 Å². The highest BCUT2D eigenvalue weighted by Crippen LogP contribution is 2.52. The molecule has 2 aliphatic carbocycles. The molecule has 3 rings (SSSR count). The molecule has 0 aromatic rings. The van der Waals surface area contributed by atoms with E-state index in [1.54, 1.807) is 6.08 Å². The number of nitrogens with zero attached hydrogens (tertiary/aromatic N) is 3. The molecule has 0 amide bonds. The number of fused-ring (bicyclic) bond motifs is 3. The maximum absolute atomic E-state index is 10.9. The molecule has 0 aromatic carbocycles. The number of allylic oxidation sites excluding steroid dienone is 3. The highest BCUT2D eigenvalue weighted by atomic mass is 35.5. The van der Waals surface area contributed by atoms with Crippen LogP contribution in [0.1, 0.15) is 26.7 Å². The molecular formula is C16H17ClN4O2. The van der Waals surface area contributed by atoms with Crippen molar-refractivity contribution in [3.05, 3.63) is 57.2 Å². The number of nitrogens with one attached hydrogen (secondary N) is 1. The van der Waals surface area contributed by atoms with E-state index in [-0.39, 0.29) is 5.92 Å². The molecule has 1 heterocycles. The van der Waals surface area contributed by atoms with E-state index in [9.17, 15) is 4.79 Å². The van der Waals surface area contributed by atoms with Crippen LogP contribution in [0.3, 0.4) is 0 Å². The van der Waals surface area contributed by atoms with E-state index < -0.39 is 17.2 Å². The third-order valence-corrected chi connectivity index (χ3v) is 4.68. The van der Waals surface area contributed by atoms with Crippen LogP contribution in [0.4, 0.5) is 4.79 Å². The van der Waals surface area contributed by atoms with Gasteiger partial charge in [-0.05, 0) is 43.9 Å². The van der Waals surface area contributed by atoms with Crippen molar-refractivity contribution in [2.75, 3.05) is 0 Å². The number of rotatable bonds is 2. The minimum atomic E-state index is -0.859. The predicted molar refractivity (Wildman–Crippen MR) is 87.5 cm³/mol. The molecule has 120 valence electrons. The molecule has 0 saturated carbocycles. The summed E-state index contributed by atoms with van der Waals surface area (Å²) in [6.45, 7) is 4.03. The van der Waals surface area contributed by atoms with Gasteiger partial charge in [-0.3, -0.25) is 0 Å². The molecule has 1 N–H and O–H groups in total. The Bertz CT molecular complexity index is 730. The topological polar surface area (TPSA) is 87.1 Å². The summed E-state index contributed by atoms with van der Waals surface area (Å²) in [5, 5.41) is 7.38. The fourth-order valence-electron chi connectivity index (χ4n) is 3.93. The summed E-state index contributed by atoms with van der Waals surface area (Å²) < 4.78 is 4.99. The first-order valence-electron chi connectivity index (χ1n) is 7.45. The summed E-state index contributed by atoms with van der Waals surface area (Å²) in [7, 11) is 0. The van der Waals surface area contributed by atoms with Crippen LogP contribution in [0.2, 0.25) is 0 Å². The summed E-state index contributed by atoms with van der Waals surface area (Å²) in [5.41, 5.74) is 11.8. The van der Waals surface area contributed by atoms with Crippen molar-refractivity contribution >= 4 is 17.0 Å². The van der Waals surface area contributed by atoms with Gasteiger partial charge in [-0.15, -0.1) is 0 Å². The first kappa shape index (κ1) is 15.7. The molecule has 1 aliphatic heterocycles. The van der Waals surface area contributed by atoms with Crippen molar-refractivity contribution in [3.8, 4) is 0 Å². The minimum absolute atomic E-state index is 0.171. The highest BCUT2D eigenvalue weighted by Gasteiger charge is 2.47. The van der Waals surface area contributed by atoms with E-state index in [0.717, 1.165) is 23.3 Å². The quantitative estimate of drug-likeness (QED) is 0.266. The van der Waals surface area contributed by atoms with E-state index in [1.165, 1.54) is 5.57 Å². The van der Waals surface area contributed by atoms with Crippen LogP contribution < -0.4 is 5.32 Å². The van der Waals surface area contributed by atoms with Gasteiger partial charge in [0.25, 0.3) is 0 Å².